The maximum atomic E-state index is 12.6. The molecule has 4 rings (SSSR count). The molecule has 3 heterocycles. The fraction of sp³-hybridized carbons (Fsp3) is 0.235. The van der Waals surface area contributed by atoms with E-state index in [0.29, 0.717) is 42.8 Å². The van der Waals surface area contributed by atoms with Gasteiger partial charge in [-0.2, -0.15) is 4.98 Å². The second-order valence-corrected chi connectivity index (χ2v) is 5.51. The molecule has 1 amide bonds. The predicted molar refractivity (Wildman–Crippen MR) is 86.4 cm³/mol. The average molecular weight is 337 g/mol. The van der Waals surface area contributed by atoms with Crippen LogP contribution >= 0.6 is 0 Å². The van der Waals surface area contributed by atoms with Gasteiger partial charge in [-0.15, -0.1) is 0 Å². The average Bonchev–Trinajstić information content (AvgIpc) is 3.19. The summed E-state index contributed by atoms with van der Waals surface area (Å²) in [6.45, 7) is 1.28. The number of nitrogens with zero attached hydrogens (tertiary/aromatic N) is 5. The van der Waals surface area contributed by atoms with Crippen molar-refractivity contribution in [3.63, 3.8) is 0 Å². The zero-order valence-electron chi connectivity index (χ0n) is 13.3. The Kier molecular flexibility index (Phi) is 4.17. The van der Waals surface area contributed by atoms with Crippen LogP contribution in [0.3, 0.4) is 0 Å². The van der Waals surface area contributed by atoms with Crippen molar-refractivity contribution < 1.29 is 14.1 Å². The summed E-state index contributed by atoms with van der Waals surface area (Å²) in [5.41, 5.74) is 0.645. The number of amides is 1. The predicted octanol–water partition coefficient (Wildman–Crippen LogP) is 1.74. The van der Waals surface area contributed by atoms with Gasteiger partial charge < -0.3 is 14.2 Å². The number of hydrogen-bond acceptors (Lipinski definition) is 7. The van der Waals surface area contributed by atoms with E-state index in [1.807, 2.05) is 18.2 Å². The molecule has 0 N–H and O–H groups in total. The zero-order chi connectivity index (χ0) is 17.1. The molecule has 8 nitrogen and oxygen atoms in total. The molecule has 3 aromatic rings. The summed E-state index contributed by atoms with van der Waals surface area (Å²) in [6, 6.07) is 10.9. The molecule has 0 saturated carbocycles. The molecule has 8 heteroatoms. The Morgan fingerprint density at radius 1 is 1.08 bits per heavy atom. The van der Waals surface area contributed by atoms with Gasteiger partial charge in [0.05, 0.1) is 13.2 Å². The molecule has 1 saturated heterocycles. The van der Waals surface area contributed by atoms with Crippen LogP contribution in [0.1, 0.15) is 22.4 Å². The van der Waals surface area contributed by atoms with Crippen LogP contribution < -0.4 is 0 Å². The summed E-state index contributed by atoms with van der Waals surface area (Å²) in [5.74, 6) is 0.948. The number of carbonyl (C=O) groups excluding carboxylic acids is 1. The maximum absolute atomic E-state index is 12.6. The molecule has 1 aliphatic heterocycles. The first-order valence-corrected chi connectivity index (χ1v) is 7.88. The van der Waals surface area contributed by atoms with E-state index >= 15 is 0 Å². The van der Waals surface area contributed by atoms with Crippen LogP contribution in [0.15, 0.2) is 53.3 Å². The van der Waals surface area contributed by atoms with Crippen LogP contribution in [0, 0.1) is 0 Å². The Labute approximate surface area is 143 Å². The first-order valence-electron chi connectivity index (χ1n) is 7.88. The minimum absolute atomic E-state index is 0.0416. The van der Waals surface area contributed by atoms with Gasteiger partial charge in [-0.05, 0) is 18.2 Å². The first kappa shape index (κ1) is 15.4. The highest BCUT2D eigenvalue weighted by molar-refractivity contribution is 5.94. The third-order valence-corrected chi connectivity index (χ3v) is 3.86. The fourth-order valence-corrected chi connectivity index (χ4v) is 2.62. The quantitative estimate of drug-likeness (QED) is 0.718. The number of carbonyl (C=O) groups is 1. The van der Waals surface area contributed by atoms with Crippen molar-refractivity contribution in [3.05, 3.63) is 60.2 Å². The molecule has 2 aromatic heterocycles. The fourth-order valence-electron chi connectivity index (χ4n) is 2.62. The Hall–Kier alpha value is -3.13. The minimum atomic E-state index is -0.466. The largest absolute Gasteiger partial charge is 0.365 e. The Morgan fingerprint density at radius 3 is 2.68 bits per heavy atom. The lowest BCUT2D eigenvalue weighted by Crippen LogP contribution is -2.42. The first-order chi connectivity index (χ1) is 12.3. The Bertz CT molecular complexity index is 853. The van der Waals surface area contributed by atoms with Crippen molar-refractivity contribution in [2.24, 2.45) is 0 Å². The molecule has 1 atom stereocenters. The van der Waals surface area contributed by atoms with Crippen molar-refractivity contribution in [1.82, 2.24) is 25.0 Å². The number of hydrogen-bond donors (Lipinski definition) is 0. The van der Waals surface area contributed by atoms with Gasteiger partial charge in [0.1, 0.15) is 0 Å². The van der Waals surface area contributed by atoms with Crippen molar-refractivity contribution >= 4 is 5.91 Å². The third-order valence-electron chi connectivity index (χ3n) is 3.86. The van der Waals surface area contributed by atoms with Gasteiger partial charge in [0.15, 0.2) is 6.10 Å². The SMILES string of the molecule is O=C(c1ccccc1)N1CCO[C@H](c2nc(-c3ncccn3)no2)C1. The van der Waals surface area contributed by atoms with Crippen LogP contribution in [-0.2, 0) is 4.74 Å². The number of aromatic nitrogens is 4. The van der Waals surface area contributed by atoms with E-state index in [2.05, 4.69) is 20.1 Å². The minimum Gasteiger partial charge on any atom is -0.365 e. The molecular weight excluding hydrogens is 322 g/mol. The van der Waals surface area contributed by atoms with E-state index in [-0.39, 0.29) is 5.91 Å². The maximum Gasteiger partial charge on any atom is 0.258 e. The molecular formula is C17H15N5O3. The van der Waals surface area contributed by atoms with Gasteiger partial charge in [-0.1, -0.05) is 23.4 Å². The molecule has 126 valence electrons. The molecule has 1 aliphatic rings. The second kappa shape index (κ2) is 6.78. The highest BCUT2D eigenvalue weighted by Crippen LogP contribution is 2.23. The molecule has 1 fully saturated rings. The summed E-state index contributed by atoms with van der Waals surface area (Å²) >= 11 is 0. The molecule has 25 heavy (non-hydrogen) atoms. The Balaban J connectivity index is 1.50. The number of benzene rings is 1. The molecule has 0 spiro atoms. The van der Waals surface area contributed by atoms with Crippen LogP contribution in [0.25, 0.3) is 11.6 Å². The van der Waals surface area contributed by atoms with Crippen molar-refractivity contribution in [2.75, 3.05) is 19.7 Å². The molecule has 0 radical (unpaired) electrons. The van der Waals surface area contributed by atoms with Crippen molar-refractivity contribution in [3.8, 4) is 11.6 Å². The van der Waals surface area contributed by atoms with Gasteiger partial charge >= 0.3 is 0 Å². The summed E-state index contributed by atoms with van der Waals surface area (Å²) in [6.07, 6.45) is 2.75. The number of rotatable bonds is 3. The lowest BCUT2D eigenvalue weighted by atomic mass is 10.1. The van der Waals surface area contributed by atoms with E-state index in [4.69, 9.17) is 9.26 Å². The van der Waals surface area contributed by atoms with Gasteiger partial charge in [-0.25, -0.2) is 9.97 Å². The number of ether oxygens (including phenoxy) is 1. The highest BCUT2D eigenvalue weighted by atomic mass is 16.5. The summed E-state index contributed by atoms with van der Waals surface area (Å²) in [5, 5.41) is 3.90. The summed E-state index contributed by atoms with van der Waals surface area (Å²) in [7, 11) is 0. The van der Waals surface area contributed by atoms with Crippen LogP contribution in [0.5, 0.6) is 0 Å². The number of morpholine rings is 1. The summed E-state index contributed by atoms with van der Waals surface area (Å²) in [4.78, 5) is 26.8. The molecule has 0 aliphatic carbocycles. The van der Waals surface area contributed by atoms with Crippen LogP contribution in [0.4, 0.5) is 0 Å². The van der Waals surface area contributed by atoms with Crippen LogP contribution in [0.2, 0.25) is 0 Å². The smallest absolute Gasteiger partial charge is 0.258 e. The zero-order valence-corrected chi connectivity index (χ0v) is 13.3. The molecule has 0 bridgehead atoms. The lowest BCUT2D eigenvalue weighted by molar-refractivity contribution is -0.0367. The van der Waals surface area contributed by atoms with E-state index in [1.54, 1.807) is 35.5 Å². The standard InChI is InChI=1S/C17H15N5O3/c23-17(12-5-2-1-3-6-12)22-9-10-24-13(11-22)16-20-15(21-25-16)14-18-7-4-8-19-14/h1-8,13H,9-11H2/t13-/m0/s1. The van der Waals surface area contributed by atoms with Crippen LogP contribution in [-0.4, -0.2) is 50.6 Å². The summed E-state index contributed by atoms with van der Waals surface area (Å²) < 4.78 is 11.0. The monoisotopic (exact) mass is 337 g/mol. The van der Waals surface area contributed by atoms with Crippen molar-refractivity contribution in [2.45, 2.75) is 6.10 Å². The lowest BCUT2D eigenvalue weighted by Gasteiger charge is -2.31. The Morgan fingerprint density at radius 2 is 1.88 bits per heavy atom. The van der Waals surface area contributed by atoms with Crippen molar-refractivity contribution in [1.29, 1.82) is 0 Å². The second-order valence-electron chi connectivity index (χ2n) is 5.51. The third kappa shape index (κ3) is 3.24. The molecule has 1 aromatic carbocycles. The topological polar surface area (TPSA) is 94.2 Å². The molecule has 0 unspecified atom stereocenters. The van der Waals surface area contributed by atoms with E-state index in [9.17, 15) is 4.79 Å². The van der Waals surface area contributed by atoms with Gasteiger partial charge in [-0.3, -0.25) is 4.79 Å². The highest BCUT2D eigenvalue weighted by Gasteiger charge is 2.30. The van der Waals surface area contributed by atoms with E-state index in [0.717, 1.165) is 0 Å². The van der Waals surface area contributed by atoms with Gasteiger partial charge in [0.25, 0.3) is 11.8 Å². The van der Waals surface area contributed by atoms with Gasteiger partial charge in [0.2, 0.25) is 11.6 Å². The van der Waals surface area contributed by atoms with E-state index < -0.39 is 6.10 Å². The normalized spacial score (nSPS) is 17.4. The van der Waals surface area contributed by atoms with E-state index in [1.165, 1.54) is 0 Å². The van der Waals surface area contributed by atoms with Gasteiger partial charge in [0, 0.05) is 24.5 Å².